The molecule has 0 fully saturated rings. The average molecular weight is 419 g/mol. The Hall–Kier alpha value is -1.79. The molecule has 6 heteroatoms. The monoisotopic (exact) mass is 418 g/mol. The van der Waals surface area contributed by atoms with E-state index in [-0.39, 0.29) is 17.6 Å². The number of hydrogen-bond acceptors (Lipinski definition) is 5. The Balaban J connectivity index is 2.17. The highest BCUT2D eigenvalue weighted by Gasteiger charge is 2.43. The third kappa shape index (κ3) is 3.97. The third-order valence-corrected chi connectivity index (χ3v) is 11.0. The number of hydrogen-bond donors (Lipinski definition) is 1. The van der Waals surface area contributed by atoms with Crippen molar-refractivity contribution in [1.29, 1.82) is 0 Å². The minimum atomic E-state index is -2.24. The van der Waals surface area contributed by atoms with Gasteiger partial charge in [-0.2, -0.15) is 0 Å². The molecule has 1 heterocycles. The van der Waals surface area contributed by atoms with E-state index in [1.54, 1.807) is 7.11 Å². The predicted molar refractivity (Wildman–Crippen MR) is 116 cm³/mol. The predicted octanol–water partition coefficient (Wildman–Crippen LogP) is 5.07. The van der Waals surface area contributed by atoms with Crippen molar-refractivity contribution in [3.8, 4) is 11.5 Å². The molecule has 29 heavy (non-hydrogen) atoms. The minimum Gasteiger partial charge on any atom is -0.543 e. The highest BCUT2D eigenvalue weighted by Crippen LogP contribution is 2.47. The fraction of sp³-hybridized carbons (Fsp3) is 0.609. The summed E-state index contributed by atoms with van der Waals surface area (Å²) in [6, 6.07) is 0. The molecule has 0 radical (unpaired) electrons. The first-order valence-corrected chi connectivity index (χ1v) is 13.3. The van der Waals surface area contributed by atoms with Crippen molar-refractivity contribution >= 4 is 14.3 Å². The number of carbonyl (C=O) groups excluding carboxylic acids is 1. The van der Waals surface area contributed by atoms with Crippen LogP contribution in [0.4, 0.5) is 0 Å². The van der Waals surface area contributed by atoms with E-state index in [2.05, 4.69) is 39.9 Å². The molecule has 3 rings (SSSR count). The molecule has 2 aliphatic rings. The molecule has 5 nitrogen and oxygen atoms in total. The summed E-state index contributed by atoms with van der Waals surface area (Å²) in [7, 11) is -0.613. The first kappa shape index (κ1) is 21.9. The van der Waals surface area contributed by atoms with Crippen LogP contribution in [-0.2, 0) is 17.8 Å². The molecule has 1 aliphatic heterocycles. The summed E-state index contributed by atoms with van der Waals surface area (Å²) in [6.45, 7) is 13.0. The quantitative estimate of drug-likeness (QED) is 0.397. The Morgan fingerprint density at radius 3 is 2.52 bits per heavy atom. The minimum absolute atomic E-state index is 0.0373. The first-order chi connectivity index (χ1) is 13.5. The number of rotatable bonds is 6. The second-order valence-corrected chi connectivity index (χ2v) is 14.4. The van der Waals surface area contributed by atoms with Crippen molar-refractivity contribution in [3.05, 3.63) is 33.9 Å². The standard InChI is InChI=1S/C23H34O5Si/c1-14-17-13-27-22(25)19(17)21(28-29(6,7)23(2,3)4)16(20(14)26-5)12-18(24)15-10-8-9-11-15/h10,18,24H,8-9,11-13H2,1-7H3/t18-/m0/s1. The van der Waals surface area contributed by atoms with Crippen LogP contribution >= 0.6 is 0 Å². The number of ether oxygens (including phenoxy) is 2. The lowest BCUT2D eigenvalue weighted by Crippen LogP contribution is -2.44. The largest absolute Gasteiger partial charge is 0.543 e. The fourth-order valence-electron chi connectivity index (χ4n) is 3.85. The topological polar surface area (TPSA) is 65.0 Å². The van der Waals surface area contributed by atoms with Crippen LogP contribution in [0.25, 0.3) is 0 Å². The summed E-state index contributed by atoms with van der Waals surface area (Å²) in [5.74, 6) is 0.887. The second-order valence-electron chi connectivity index (χ2n) is 9.65. The summed E-state index contributed by atoms with van der Waals surface area (Å²) in [6.07, 6.45) is 4.87. The van der Waals surface area contributed by atoms with Gasteiger partial charge in [-0.3, -0.25) is 0 Å². The van der Waals surface area contributed by atoms with Gasteiger partial charge in [0.2, 0.25) is 0 Å². The van der Waals surface area contributed by atoms with Gasteiger partial charge in [-0.15, -0.1) is 0 Å². The molecular formula is C23H34O5Si. The molecular weight excluding hydrogens is 384 g/mol. The maximum Gasteiger partial charge on any atom is 0.342 e. The van der Waals surface area contributed by atoms with Gasteiger partial charge in [-0.1, -0.05) is 26.8 Å². The number of aliphatic hydroxyl groups excluding tert-OH is 1. The Kier molecular flexibility index (Phi) is 5.89. The van der Waals surface area contributed by atoms with Crippen molar-refractivity contribution in [1.82, 2.24) is 0 Å². The van der Waals surface area contributed by atoms with Gasteiger partial charge in [0.05, 0.1) is 13.2 Å². The number of carbonyl (C=O) groups is 1. The maximum absolute atomic E-state index is 12.7. The number of allylic oxidation sites excluding steroid dienone is 1. The number of fused-ring (bicyclic) bond motifs is 1. The van der Waals surface area contributed by atoms with E-state index in [0.717, 1.165) is 41.5 Å². The highest BCUT2D eigenvalue weighted by molar-refractivity contribution is 6.74. The molecule has 0 unspecified atom stereocenters. The Labute approximate surface area is 175 Å². The van der Waals surface area contributed by atoms with E-state index in [1.807, 2.05) is 6.92 Å². The lowest BCUT2D eigenvalue weighted by Gasteiger charge is -2.38. The highest BCUT2D eigenvalue weighted by atomic mass is 28.4. The molecule has 0 saturated heterocycles. The normalized spacial score (nSPS) is 17.7. The second kappa shape index (κ2) is 7.80. The molecule has 1 aromatic carbocycles. The van der Waals surface area contributed by atoms with Crippen LogP contribution in [0.2, 0.25) is 18.1 Å². The first-order valence-electron chi connectivity index (χ1n) is 10.4. The number of aliphatic hydroxyl groups is 1. The summed E-state index contributed by atoms with van der Waals surface area (Å²) in [5.41, 5.74) is 4.06. The van der Waals surface area contributed by atoms with Gasteiger partial charge in [0.1, 0.15) is 23.7 Å². The molecule has 1 aliphatic carbocycles. The van der Waals surface area contributed by atoms with Crippen LogP contribution in [0, 0.1) is 6.92 Å². The Bertz CT molecular complexity index is 848. The molecule has 160 valence electrons. The zero-order chi connectivity index (χ0) is 21.6. The molecule has 0 saturated carbocycles. The van der Waals surface area contributed by atoms with Crippen molar-refractivity contribution in [2.24, 2.45) is 0 Å². The molecule has 1 atom stereocenters. The number of methoxy groups -OCH3 is 1. The Morgan fingerprint density at radius 1 is 1.28 bits per heavy atom. The molecule has 0 spiro atoms. The average Bonchev–Trinajstić information content (AvgIpc) is 3.27. The van der Waals surface area contributed by atoms with Gasteiger partial charge in [0.15, 0.2) is 0 Å². The van der Waals surface area contributed by atoms with Crippen LogP contribution in [0.15, 0.2) is 11.6 Å². The molecule has 0 amide bonds. The zero-order valence-corrected chi connectivity index (χ0v) is 19.8. The number of esters is 1. The van der Waals surface area contributed by atoms with E-state index < -0.39 is 14.4 Å². The van der Waals surface area contributed by atoms with Crippen LogP contribution < -0.4 is 9.16 Å². The maximum atomic E-state index is 12.7. The van der Waals surface area contributed by atoms with E-state index in [1.165, 1.54) is 0 Å². The van der Waals surface area contributed by atoms with E-state index in [4.69, 9.17) is 13.9 Å². The smallest absolute Gasteiger partial charge is 0.342 e. The van der Waals surface area contributed by atoms with Gasteiger partial charge in [-0.05, 0) is 55.5 Å². The lowest BCUT2D eigenvalue weighted by molar-refractivity contribution is 0.0533. The van der Waals surface area contributed by atoms with Crippen molar-refractivity contribution in [2.45, 2.75) is 84.2 Å². The van der Waals surface area contributed by atoms with Gasteiger partial charge in [0, 0.05) is 17.5 Å². The summed E-state index contributed by atoms with van der Waals surface area (Å²) < 4.78 is 17.8. The van der Waals surface area contributed by atoms with Crippen molar-refractivity contribution in [3.63, 3.8) is 0 Å². The zero-order valence-electron chi connectivity index (χ0n) is 18.8. The summed E-state index contributed by atoms with van der Waals surface area (Å²) in [4.78, 5) is 12.7. The summed E-state index contributed by atoms with van der Waals surface area (Å²) >= 11 is 0. The molecule has 0 aromatic heterocycles. The van der Waals surface area contributed by atoms with Gasteiger partial charge in [-0.25, -0.2) is 4.79 Å². The van der Waals surface area contributed by atoms with Gasteiger partial charge >= 0.3 is 5.97 Å². The molecule has 1 N–H and O–H groups in total. The van der Waals surface area contributed by atoms with E-state index in [9.17, 15) is 9.90 Å². The third-order valence-electron chi connectivity index (χ3n) is 6.69. The van der Waals surface area contributed by atoms with Gasteiger partial charge < -0.3 is 19.0 Å². The molecule has 0 bridgehead atoms. The van der Waals surface area contributed by atoms with E-state index in [0.29, 0.717) is 23.5 Å². The van der Waals surface area contributed by atoms with Crippen LogP contribution in [-0.4, -0.2) is 32.6 Å². The van der Waals surface area contributed by atoms with Crippen LogP contribution in [0.5, 0.6) is 11.5 Å². The van der Waals surface area contributed by atoms with Crippen LogP contribution in [0.1, 0.15) is 67.1 Å². The van der Waals surface area contributed by atoms with Crippen molar-refractivity contribution < 1.29 is 23.8 Å². The SMILES string of the molecule is COc1c(C)c2c(c(O[Si](C)(C)C(C)(C)C)c1C[C@H](O)C1=CCCC1)C(=O)OC2. The number of benzene rings is 1. The Morgan fingerprint density at radius 2 is 1.97 bits per heavy atom. The fourth-order valence-corrected chi connectivity index (χ4v) is 4.90. The lowest BCUT2D eigenvalue weighted by atomic mass is 9.92. The number of cyclic esters (lactones) is 1. The molecule has 1 aromatic rings. The van der Waals surface area contributed by atoms with Crippen LogP contribution in [0.3, 0.4) is 0 Å². The summed E-state index contributed by atoms with van der Waals surface area (Å²) in [5, 5.41) is 10.9. The van der Waals surface area contributed by atoms with Gasteiger partial charge in [0.25, 0.3) is 8.32 Å². The van der Waals surface area contributed by atoms with E-state index >= 15 is 0 Å². The van der Waals surface area contributed by atoms with Crippen molar-refractivity contribution in [2.75, 3.05) is 7.11 Å².